The number of aromatic amines is 1. The fourth-order valence-corrected chi connectivity index (χ4v) is 4.28. The van der Waals surface area contributed by atoms with Crippen molar-refractivity contribution < 1.29 is 22.4 Å². The molecule has 0 bridgehead atoms. The van der Waals surface area contributed by atoms with E-state index in [-0.39, 0.29) is 27.2 Å². The first-order valence-corrected chi connectivity index (χ1v) is 10.7. The number of likely N-dealkylation sites (N-methyl/N-ethyl adjacent to an activating group) is 1. The summed E-state index contributed by atoms with van der Waals surface area (Å²) in [6.07, 6.45) is 3.08. The predicted octanol–water partition coefficient (Wildman–Crippen LogP) is 2.30. The van der Waals surface area contributed by atoms with Crippen LogP contribution in [0.3, 0.4) is 0 Å². The average molecular weight is 443 g/mol. The molecule has 8 nitrogen and oxygen atoms in total. The molecule has 2 N–H and O–H groups in total. The second-order valence-corrected chi connectivity index (χ2v) is 9.14. The molecule has 1 fully saturated rings. The molecule has 3 rings (SSSR count). The van der Waals surface area contributed by atoms with Crippen molar-refractivity contribution in [3.8, 4) is 0 Å². The van der Waals surface area contributed by atoms with Gasteiger partial charge in [0.2, 0.25) is 15.9 Å². The van der Waals surface area contributed by atoms with Gasteiger partial charge in [-0.3, -0.25) is 9.59 Å². The van der Waals surface area contributed by atoms with Crippen LogP contribution in [0.15, 0.2) is 35.4 Å². The summed E-state index contributed by atoms with van der Waals surface area (Å²) in [5.74, 6) is -1.50. The number of anilines is 1. The van der Waals surface area contributed by atoms with Crippen LogP contribution in [0.4, 0.5) is 10.1 Å². The number of benzene rings is 1. The van der Waals surface area contributed by atoms with Crippen LogP contribution in [-0.4, -0.2) is 61.1 Å². The molecule has 156 valence electrons. The van der Waals surface area contributed by atoms with Crippen LogP contribution >= 0.6 is 11.6 Å². The van der Waals surface area contributed by atoms with Gasteiger partial charge < -0.3 is 15.2 Å². The number of hydrogen-bond donors (Lipinski definition) is 2. The van der Waals surface area contributed by atoms with E-state index in [0.717, 1.165) is 23.2 Å². The summed E-state index contributed by atoms with van der Waals surface area (Å²) in [7, 11) is -2.74. The van der Waals surface area contributed by atoms with Crippen molar-refractivity contribution in [2.45, 2.75) is 17.7 Å². The van der Waals surface area contributed by atoms with Crippen LogP contribution in [0.5, 0.6) is 0 Å². The van der Waals surface area contributed by atoms with Crippen LogP contribution < -0.4 is 5.32 Å². The lowest BCUT2D eigenvalue weighted by Gasteiger charge is -2.16. The van der Waals surface area contributed by atoms with Gasteiger partial charge >= 0.3 is 0 Å². The van der Waals surface area contributed by atoms with Crippen molar-refractivity contribution in [3.05, 3.63) is 47.0 Å². The van der Waals surface area contributed by atoms with Crippen LogP contribution in [0.1, 0.15) is 23.3 Å². The highest BCUT2D eigenvalue weighted by atomic mass is 35.5. The molecule has 0 radical (unpaired) electrons. The van der Waals surface area contributed by atoms with E-state index in [1.807, 2.05) is 0 Å². The number of nitrogens with zero attached hydrogens (tertiary/aromatic N) is 2. The fraction of sp³-hybridized carbons (Fsp3) is 0.333. The van der Waals surface area contributed by atoms with E-state index in [1.165, 1.54) is 31.4 Å². The number of nitrogens with one attached hydrogen (secondary N) is 2. The van der Waals surface area contributed by atoms with Gasteiger partial charge in [-0.25, -0.2) is 12.8 Å². The Morgan fingerprint density at radius 2 is 1.97 bits per heavy atom. The third-order valence-corrected chi connectivity index (χ3v) is 6.63. The SMILES string of the molecule is CN(CC(=O)Nc1ccc(F)c(Cl)c1)S(=O)(=O)c1c[nH]c(C(=O)N2CCCC2)c1. The van der Waals surface area contributed by atoms with Crippen molar-refractivity contribution in [1.29, 1.82) is 0 Å². The van der Waals surface area contributed by atoms with Crippen LogP contribution in [-0.2, 0) is 14.8 Å². The molecule has 0 unspecified atom stereocenters. The van der Waals surface area contributed by atoms with E-state index in [4.69, 9.17) is 11.6 Å². The summed E-state index contributed by atoms with van der Waals surface area (Å²) in [6.45, 7) is 0.818. The van der Waals surface area contributed by atoms with Gasteiger partial charge in [0.1, 0.15) is 16.4 Å². The number of likely N-dealkylation sites (tertiary alicyclic amines) is 1. The Labute approximate surface area is 172 Å². The van der Waals surface area contributed by atoms with Gasteiger partial charge in [0.15, 0.2) is 0 Å². The minimum atomic E-state index is -3.99. The predicted molar refractivity (Wildman–Crippen MR) is 106 cm³/mol. The van der Waals surface area contributed by atoms with Crippen molar-refractivity contribution in [2.24, 2.45) is 0 Å². The first kappa shape index (κ1) is 21.3. The zero-order valence-corrected chi connectivity index (χ0v) is 17.2. The number of H-pyrrole nitrogens is 1. The number of aromatic nitrogens is 1. The topological polar surface area (TPSA) is 103 Å². The summed E-state index contributed by atoms with van der Waals surface area (Å²) in [4.78, 5) is 28.8. The molecule has 1 aromatic carbocycles. The van der Waals surface area contributed by atoms with E-state index in [9.17, 15) is 22.4 Å². The summed E-state index contributed by atoms with van der Waals surface area (Å²) in [5, 5.41) is 2.30. The Morgan fingerprint density at radius 1 is 1.28 bits per heavy atom. The lowest BCUT2D eigenvalue weighted by atomic mass is 10.3. The van der Waals surface area contributed by atoms with Crippen molar-refractivity contribution in [2.75, 3.05) is 32.0 Å². The molecular weight excluding hydrogens is 423 g/mol. The molecular formula is C18H20ClFN4O4S. The van der Waals surface area contributed by atoms with Crippen molar-refractivity contribution in [1.82, 2.24) is 14.2 Å². The lowest BCUT2D eigenvalue weighted by molar-refractivity contribution is -0.116. The molecule has 0 spiro atoms. The Bertz CT molecular complexity index is 1030. The molecule has 29 heavy (non-hydrogen) atoms. The second-order valence-electron chi connectivity index (χ2n) is 6.69. The molecule has 1 aliphatic heterocycles. The molecule has 2 heterocycles. The normalized spacial score (nSPS) is 14.4. The third-order valence-electron chi connectivity index (χ3n) is 4.56. The molecule has 11 heteroatoms. The number of rotatable bonds is 6. The number of hydrogen-bond acceptors (Lipinski definition) is 4. The summed E-state index contributed by atoms with van der Waals surface area (Å²) in [6, 6.07) is 4.91. The highest BCUT2D eigenvalue weighted by Crippen LogP contribution is 2.20. The Balaban J connectivity index is 1.66. The number of carbonyl (C=O) groups is 2. The quantitative estimate of drug-likeness (QED) is 0.716. The van der Waals surface area contributed by atoms with Crippen molar-refractivity contribution in [3.63, 3.8) is 0 Å². The molecule has 0 saturated carbocycles. The summed E-state index contributed by atoms with van der Waals surface area (Å²) >= 11 is 5.66. The Hall–Kier alpha value is -2.43. The minimum Gasteiger partial charge on any atom is -0.356 e. The van der Waals surface area contributed by atoms with Gasteiger partial charge in [-0.15, -0.1) is 0 Å². The van der Waals surface area contributed by atoms with Gasteiger partial charge in [0.05, 0.1) is 11.6 Å². The molecule has 1 saturated heterocycles. The van der Waals surface area contributed by atoms with Crippen LogP contribution in [0, 0.1) is 5.82 Å². The standard InChI is InChI=1S/C18H20ClFN4O4S/c1-23(11-17(25)22-12-4-5-15(20)14(19)8-12)29(27,28)13-9-16(21-10-13)18(26)24-6-2-3-7-24/h4-5,8-10,21H,2-3,6-7,11H2,1H3,(H,22,25). The zero-order chi connectivity index (χ0) is 21.2. The average Bonchev–Trinajstić information content (AvgIpc) is 3.36. The maximum absolute atomic E-state index is 13.2. The number of halogens is 2. The maximum atomic E-state index is 13.2. The number of carbonyl (C=O) groups excluding carboxylic acids is 2. The molecule has 1 aromatic heterocycles. The van der Waals surface area contributed by atoms with Crippen LogP contribution in [0.25, 0.3) is 0 Å². The van der Waals surface area contributed by atoms with Gasteiger partial charge in [0.25, 0.3) is 5.91 Å². The molecule has 0 atom stereocenters. The van der Waals surface area contributed by atoms with E-state index in [2.05, 4.69) is 10.3 Å². The van der Waals surface area contributed by atoms with E-state index in [1.54, 1.807) is 4.90 Å². The molecule has 1 aliphatic rings. The second kappa shape index (κ2) is 8.52. The first-order valence-electron chi connectivity index (χ1n) is 8.87. The largest absolute Gasteiger partial charge is 0.356 e. The van der Waals surface area contributed by atoms with E-state index in [0.29, 0.717) is 13.1 Å². The monoisotopic (exact) mass is 442 g/mol. The van der Waals surface area contributed by atoms with Crippen LogP contribution in [0.2, 0.25) is 5.02 Å². The lowest BCUT2D eigenvalue weighted by Crippen LogP contribution is -2.34. The first-order chi connectivity index (χ1) is 13.7. The minimum absolute atomic E-state index is 0.111. The van der Waals surface area contributed by atoms with Gasteiger partial charge in [0, 0.05) is 32.0 Å². The number of amides is 2. The van der Waals surface area contributed by atoms with Gasteiger partial charge in [-0.2, -0.15) is 4.31 Å². The fourth-order valence-electron chi connectivity index (χ4n) is 2.98. The molecule has 2 aromatic rings. The van der Waals surface area contributed by atoms with Gasteiger partial charge in [-0.1, -0.05) is 11.6 Å². The maximum Gasteiger partial charge on any atom is 0.270 e. The summed E-state index contributed by atoms with van der Waals surface area (Å²) in [5.41, 5.74) is 0.427. The highest BCUT2D eigenvalue weighted by molar-refractivity contribution is 7.89. The number of sulfonamides is 1. The van der Waals surface area contributed by atoms with Crippen molar-refractivity contribution >= 4 is 39.1 Å². The van der Waals surface area contributed by atoms with Gasteiger partial charge in [-0.05, 0) is 37.1 Å². The Kier molecular flexibility index (Phi) is 6.25. The third kappa shape index (κ3) is 4.77. The highest BCUT2D eigenvalue weighted by Gasteiger charge is 2.27. The summed E-state index contributed by atoms with van der Waals surface area (Å²) < 4.78 is 39.5. The molecule has 0 aliphatic carbocycles. The zero-order valence-electron chi connectivity index (χ0n) is 15.6. The van der Waals surface area contributed by atoms with E-state index >= 15 is 0 Å². The van der Waals surface area contributed by atoms with E-state index < -0.39 is 28.3 Å². The smallest absolute Gasteiger partial charge is 0.270 e. The molecule has 2 amide bonds. The Morgan fingerprint density at radius 3 is 2.62 bits per heavy atom.